The molecule has 1 aromatic carbocycles. The standard InChI is InChI=1S/C13H17FN2S/c14-11-2-1-10-3-5-16(13(10)7-11)8-12-9-17-6-4-15-12/h1-2,7,12,15H,3-6,8-9H2. The molecule has 0 bridgehead atoms. The fourth-order valence-corrected chi connectivity index (χ4v) is 3.55. The van der Waals surface area contributed by atoms with Crippen molar-refractivity contribution in [3.63, 3.8) is 0 Å². The van der Waals surface area contributed by atoms with Crippen molar-refractivity contribution < 1.29 is 4.39 Å². The van der Waals surface area contributed by atoms with Crippen molar-refractivity contribution >= 4 is 17.4 Å². The van der Waals surface area contributed by atoms with Crippen molar-refractivity contribution in [2.24, 2.45) is 0 Å². The predicted molar refractivity (Wildman–Crippen MR) is 71.4 cm³/mol. The number of nitrogens with zero attached hydrogens (tertiary/aromatic N) is 1. The number of benzene rings is 1. The highest BCUT2D eigenvalue weighted by molar-refractivity contribution is 7.99. The van der Waals surface area contributed by atoms with E-state index in [0.29, 0.717) is 6.04 Å². The Hall–Kier alpha value is -0.740. The van der Waals surface area contributed by atoms with Crippen LogP contribution in [0.25, 0.3) is 0 Å². The van der Waals surface area contributed by atoms with Gasteiger partial charge in [0.1, 0.15) is 5.82 Å². The maximum atomic E-state index is 13.3. The van der Waals surface area contributed by atoms with E-state index in [-0.39, 0.29) is 5.82 Å². The molecule has 4 heteroatoms. The molecule has 1 fully saturated rings. The molecule has 0 aromatic heterocycles. The second-order valence-electron chi connectivity index (χ2n) is 4.70. The van der Waals surface area contributed by atoms with E-state index in [1.54, 1.807) is 12.1 Å². The molecule has 0 saturated carbocycles. The molecule has 1 N–H and O–H groups in total. The number of anilines is 1. The molecule has 1 atom stereocenters. The molecule has 3 rings (SSSR count). The van der Waals surface area contributed by atoms with E-state index in [9.17, 15) is 4.39 Å². The molecular formula is C13H17FN2S. The van der Waals surface area contributed by atoms with Crippen LogP contribution in [0.3, 0.4) is 0 Å². The summed E-state index contributed by atoms with van der Waals surface area (Å²) in [5, 5.41) is 3.54. The van der Waals surface area contributed by atoms with E-state index in [2.05, 4.69) is 10.2 Å². The average Bonchev–Trinajstić information content (AvgIpc) is 2.73. The Balaban J connectivity index is 1.72. The van der Waals surface area contributed by atoms with Crippen molar-refractivity contribution in [3.8, 4) is 0 Å². The number of rotatable bonds is 2. The first kappa shape index (κ1) is 11.4. The van der Waals surface area contributed by atoms with Crippen molar-refractivity contribution in [3.05, 3.63) is 29.6 Å². The van der Waals surface area contributed by atoms with E-state index in [1.165, 1.54) is 17.1 Å². The fraction of sp³-hybridized carbons (Fsp3) is 0.538. The molecule has 0 spiro atoms. The molecule has 1 saturated heterocycles. The zero-order valence-electron chi connectivity index (χ0n) is 9.79. The Morgan fingerprint density at radius 2 is 2.41 bits per heavy atom. The molecule has 1 aromatic rings. The van der Waals surface area contributed by atoms with Crippen LogP contribution in [-0.4, -0.2) is 37.2 Å². The zero-order chi connectivity index (χ0) is 11.7. The molecule has 1 unspecified atom stereocenters. The van der Waals surface area contributed by atoms with Crippen LogP contribution in [0.2, 0.25) is 0 Å². The third kappa shape index (κ3) is 2.43. The van der Waals surface area contributed by atoms with Crippen LogP contribution in [0.4, 0.5) is 10.1 Å². The summed E-state index contributed by atoms with van der Waals surface area (Å²) in [6, 6.07) is 5.71. The number of fused-ring (bicyclic) bond motifs is 1. The molecule has 2 nitrogen and oxygen atoms in total. The van der Waals surface area contributed by atoms with Crippen LogP contribution in [0.5, 0.6) is 0 Å². The summed E-state index contributed by atoms with van der Waals surface area (Å²) < 4.78 is 13.3. The first-order valence-electron chi connectivity index (χ1n) is 6.17. The summed E-state index contributed by atoms with van der Waals surface area (Å²) in [5.74, 6) is 2.25. The van der Waals surface area contributed by atoms with Crippen molar-refractivity contribution in [1.82, 2.24) is 5.32 Å². The lowest BCUT2D eigenvalue weighted by molar-refractivity contribution is 0.554. The van der Waals surface area contributed by atoms with Gasteiger partial charge in [0, 0.05) is 42.9 Å². The lowest BCUT2D eigenvalue weighted by atomic mass is 10.1. The smallest absolute Gasteiger partial charge is 0.125 e. The Morgan fingerprint density at radius 3 is 3.24 bits per heavy atom. The number of hydrogen-bond acceptors (Lipinski definition) is 3. The Morgan fingerprint density at radius 1 is 1.47 bits per heavy atom. The maximum Gasteiger partial charge on any atom is 0.125 e. The molecule has 2 aliphatic heterocycles. The third-order valence-corrected chi connectivity index (χ3v) is 4.61. The molecule has 0 amide bonds. The van der Waals surface area contributed by atoms with Gasteiger partial charge < -0.3 is 10.2 Å². The predicted octanol–water partition coefficient (Wildman–Crippen LogP) is 1.89. The van der Waals surface area contributed by atoms with Gasteiger partial charge in [-0.05, 0) is 24.1 Å². The summed E-state index contributed by atoms with van der Waals surface area (Å²) in [7, 11) is 0. The van der Waals surface area contributed by atoms with Gasteiger partial charge in [0.05, 0.1) is 0 Å². The third-order valence-electron chi connectivity index (χ3n) is 3.48. The van der Waals surface area contributed by atoms with Crippen LogP contribution in [0.15, 0.2) is 18.2 Å². The van der Waals surface area contributed by atoms with E-state index in [4.69, 9.17) is 0 Å². The van der Waals surface area contributed by atoms with Gasteiger partial charge in [0.15, 0.2) is 0 Å². The largest absolute Gasteiger partial charge is 0.369 e. The van der Waals surface area contributed by atoms with Gasteiger partial charge in [0.25, 0.3) is 0 Å². The van der Waals surface area contributed by atoms with Gasteiger partial charge in [-0.15, -0.1) is 0 Å². The van der Waals surface area contributed by atoms with E-state index >= 15 is 0 Å². The molecule has 0 aliphatic carbocycles. The molecule has 2 heterocycles. The Kier molecular flexibility index (Phi) is 3.25. The summed E-state index contributed by atoms with van der Waals surface area (Å²) in [6.07, 6.45) is 1.05. The first-order chi connectivity index (χ1) is 8.33. The quantitative estimate of drug-likeness (QED) is 0.865. The van der Waals surface area contributed by atoms with E-state index in [1.807, 2.05) is 17.8 Å². The second kappa shape index (κ2) is 4.86. The number of nitrogens with one attached hydrogen (secondary N) is 1. The highest BCUT2D eigenvalue weighted by Gasteiger charge is 2.23. The minimum atomic E-state index is -0.123. The normalized spacial score (nSPS) is 23.8. The molecule has 92 valence electrons. The summed E-state index contributed by atoms with van der Waals surface area (Å²) in [4.78, 5) is 2.32. The Bertz CT molecular complexity index is 404. The van der Waals surface area contributed by atoms with Gasteiger partial charge in [-0.3, -0.25) is 0 Å². The summed E-state index contributed by atoms with van der Waals surface area (Å²) in [6.45, 7) is 3.13. The van der Waals surface area contributed by atoms with Gasteiger partial charge in [-0.2, -0.15) is 11.8 Å². The fourth-order valence-electron chi connectivity index (χ4n) is 2.61. The van der Waals surface area contributed by atoms with Crippen molar-refractivity contribution in [1.29, 1.82) is 0 Å². The van der Waals surface area contributed by atoms with E-state index in [0.717, 1.165) is 31.7 Å². The van der Waals surface area contributed by atoms with Crippen LogP contribution >= 0.6 is 11.8 Å². The summed E-state index contributed by atoms with van der Waals surface area (Å²) in [5.41, 5.74) is 2.39. The van der Waals surface area contributed by atoms with Gasteiger partial charge in [-0.25, -0.2) is 4.39 Å². The van der Waals surface area contributed by atoms with Crippen LogP contribution in [-0.2, 0) is 6.42 Å². The Labute approximate surface area is 106 Å². The number of thioether (sulfide) groups is 1. The highest BCUT2D eigenvalue weighted by Crippen LogP contribution is 2.29. The van der Waals surface area contributed by atoms with Crippen molar-refractivity contribution in [2.45, 2.75) is 12.5 Å². The van der Waals surface area contributed by atoms with Crippen molar-refractivity contribution in [2.75, 3.05) is 36.0 Å². The first-order valence-corrected chi connectivity index (χ1v) is 7.33. The molecular weight excluding hydrogens is 235 g/mol. The minimum Gasteiger partial charge on any atom is -0.369 e. The zero-order valence-corrected chi connectivity index (χ0v) is 10.6. The molecule has 17 heavy (non-hydrogen) atoms. The number of hydrogen-bond donors (Lipinski definition) is 1. The number of halogens is 1. The maximum absolute atomic E-state index is 13.3. The SMILES string of the molecule is Fc1ccc2c(c1)N(CC1CSCCN1)CC2. The van der Waals surface area contributed by atoms with Crippen LogP contribution in [0.1, 0.15) is 5.56 Å². The lowest BCUT2D eigenvalue weighted by Crippen LogP contribution is -2.45. The second-order valence-corrected chi connectivity index (χ2v) is 5.84. The van der Waals surface area contributed by atoms with Gasteiger partial charge in [0.2, 0.25) is 0 Å². The molecule has 0 radical (unpaired) electrons. The van der Waals surface area contributed by atoms with Gasteiger partial charge in [-0.1, -0.05) is 6.07 Å². The monoisotopic (exact) mass is 252 g/mol. The minimum absolute atomic E-state index is 0.123. The van der Waals surface area contributed by atoms with Crippen LogP contribution < -0.4 is 10.2 Å². The topological polar surface area (TPSA) is 15.3 Å². The highest BCUT2D eigenvalue weighted by atomic mass is 32.2. The van der Waals surface area contributed by atoms with E-state index < -0.39 is 0 Å². The van der Waals surface area contributed by atoms with Crippen LogP contribution in [0, 0.1) is 5.82 Å². The van der Waals surface area contributed by atoms with Gasteiger partial charge >= 0.3 is 0 Å². The molecule has 2 aliphatic rings. The lowest BCUT2D eigenvalue weighted by Gasteiger charge is -2.29. The average molecular weight is 252 g/mol. The summed E-state index contributed by atoms with van der Waals surface area (Å²) >= 11 is 2.01.